The molecule has 4 heteroatoms. The lowest BCUT2D eigenvalue weighted by molar-refractivity contribution is -0.965. The summed E-state index contributed by atoms with van der Waals surface area (Å²) in [5.41, 5.74) is 1.82. The molecule has 3 fully saturated rings. The predicted octanol–water partition coefficient (Wildman–Crippen LogP) is 2.21. The summed E-state index contributed by atoms with van der Waals surface area (Å²) in [7, 11) is 0. The second-order valence-electron chi connectivity index (χ2n) is 9.57. The number of benzene rings is 2. The average Bonchev–Trinajstić information content (AvgIpc) is 3.32. The van der Waals surface area contributed by atoms with Gasteiger partial charge in [0.2, 0.25) is 5.88 Å². The molecular weight excluding hydrogens is 436 g/mol. The van der Waals surface area contributed by atoms with Gasteiger partial charge >= 0.3 is 0 Å². The van der Waals surface area contributed by atoms with Crippen LogP contribution < -0.4 is 21.7 Å². The van der Waals surface area contributed by atoms with E-state index in [1.54, 1.807) is 0 Å². The van der Waals surface area contributed by atoms with E-state index in [9.17, 15) is 0 Å². The average molecular weight is 465 g/mol. The number of fused-ring (bicyclic) bond motifs is 1. The first-order valence-corrected chi connectivity index (χ1v) is 11.1. The highest BCUT2D eigenvalue weighted by Crippen LogP contribution is 2.61. The number of aromatic nitrogens is 1. The number of ether oxygens (including phenoxy) is 1. The normalized spacial score (nSPS) is 34.0. The van der Waals surface area contributed by atoms with E-state index in [1.807, 2.05) is 24.4 Å². The van der Waals surface area contributed by atoms with E-state index in [2.05, 4.69) is 54.4 Å². The third-order valence-corrected chi connectivity index (χ3v) is 8.57. The third-order valence-electron chi connectivity index (χ3n) is 8.57. The lowest BCUT2D eigenvalue weighted by Gasteiger charge is -2.43. The minimum Gasteiger partial charge on any atom is -1.00 e. The molecule has 1 saturated carbocycles. The minimum atomic E-state index is 0. The quantitative estimate of drug-likeness (QED) is 0.552. The Morgan fingerprint density at radius 1 is 1.00 bits per heavy atom. The van der Waals surface area contributed by atoms with Crippen molar-refractivity contribution in [3.63, 3.8) is 0 Å². The van der Waals surface area contributed by atoms with Gasteiger partial charge in [0, 0.05) is 30.2 Å². The largest absolute Gasteiger partial charge is 1.00 e. The Balaban J connectivity index is 0.00000193. The van der Waals surface area contributed by atoms with E-state index in [-0.39, 0.29) is 23.1 Å². The van der Waals surface area contributed by atoms with Crippen LogP contribution in [0.4, 0.5) is 0 Å². The number of hydrogen-bond acceptors (Lipinski definition) is 2. The fraction of sp³-hybridized carbons (Fsp3) is 0.423. The molecule has 0 bridgehead atoms. The maximum atomic E-state index is 6.53. The summed E-state index contributed by atoms with van der Waals surface area (Å²) in [6.07, 6.45) is 6.14. The van der Waals surface area contributed by atoms with Crippen molar-refractivity contribution in [2.75, 3.05) is 13.1 Å². The van der Waals surface area contributed by atoms with Gasteiger partial charge < -0.3 is 26.2 Å². The van der Waals surface area contributed by atoms with Crippen LogP contribution in [0.25, 0.3) is 10.8 Å². The van der Waals surface area contributed by atoms with Crippen LogP contribution >= 0.6 is 0 Å². The van der Waals surface area contributed by atoms with Gasteiger partial charge in [0.05, 0.1) is 12.5 Å². The summed E-state index contributed by atoms with van der Waals surface area (Å²) in [6, 6.07) is 21.7. The SMILES string of the molecule is C[C@@]12[C@H]3CC[C@@H]1[C@H](Oc1ccccn1)C[N@+]2(Cc1cccc2ccccc12)CC3.[Br-]. The van der Waals surface area contributed by atoms with Crippen molar-refractivity contribution in [3.05, 3.63) is 72.4 Å². The van der Waals surface area contributed by atoms with Gasteiger partial charge in [0.15, 0.2) is 6.10 Å². The minimum absolute atomic E-state index is 0. The highest BCUT2D eigenvalue weighted by atomic mass is 79.9. The summed E-state index contributed by atoms with van der Waals surface area (Å²) in [4.78, 5) is 4.46. The van der Waals surface area contributed by atoms with E-state index in [1.165, 1.54) is 46.6 Å². The number of hydrogen-bond donors (Lipinski definition) is 0. The molecule has 0 amide bonds. The van der Waals surface area contributed by atoms with Gasteiger partial charge in [0.1, 0.15) is 18.6 Å². The van der Waals surface area contributed by atoms with Crippen molar-refractivity contribution in [1.29, 1.82) is 0 Å². The maximum absolute atomic E-state index is 6.53. The lowest BCUT2D eigenvalue weighted by Crippen LogP contribution is -3.00. The van der Waals surface area contributed by atoms with Crippen LogP contribution in [-0.4, -0.2) is 34.2 Å². The Morgan fingerprint density at radius 3 is 2.70 bits per heavy atom. The molecule has 30 heavy (non-hydrogen) atoms. The van der Waals surface area contributed by atoms with Gasteiger partial charge in [-0.2, -0.15) is 0 Å². The monoisotopic (exact) mass is 464 g/mol. The van der Waals surface area contributed by atoms with Crippen molar-refractivity contribution in [2.24, 2.45) is 11.8 Å². The van der Waals surface area contributed by atoms with Gasteiger partial charge in [-0.05, 0) is 36.6 Å². The molecular formula is C26H29BrN2O. The van der Waals surface area contributed by atoms with Gasteiger partial charge in [-0.25, -0.2) is 4.98 Å². The zero-order valence-electron chi connectivity index (χ0n) is 17.5. The van der Waals surface area contributed by atoms with E-state index < -0.39 is 0 Å². The standard InChI is InChI=1S/C26H29N2O.BrH/c1-26-21-12-13-23(26)24(29-25-11-4-5-15-27-25)18-28(26,16-14-21)17-20-9-6-8-19-7-2-3-10-22(19)20;/h2-11,15,21,23-24H,12-14,16-18H2,1H3;1H/q+1;/p-1/t21-,23+,24+,26+,28+;/m0./s1. The summed E-state index contributed by atoms with van der Waals surface area (Å²) >= 11 is 0. The fourth-order valence-corrected chi connectivity index (χ4v) is 7.17. The maximum Gasteiger partial charge on any atom is 0.213 e. The lowest BCUT2D eigenvalue weighted by atomic mass is 9.83. The van der Waals surface area contributed by atoms with Crippen LogP contribution in [-0.2, 0) is 6.54 Å². The summed E-state index contributed by atoms with van der Waals surface area (Å²) in [5.74, 6) is 2.25. The van der Waals surface area contributed by atoms with Crippen molar-refractivity contribution >= 4 is 10.8 Å². The van der Waals surface area contributed by atoms with Crippen molar-refractivity contribution in [1.82, 2.24) is 4.98 Å². The molecule has 3 nitrogen and oxygen atoms in total. The van der Waals surface area contributed by atoms with Crippen LogP contribution in [0.5, 0.6) is 5.88 Å². The summed E-state index contributed by atoms with van der Waals surface area (Å²) in [6.45, 7) is 6.09. The van der Waals surface area contributed by atoms with E-state index >= 15 is 0 Å². The molecule has 3 aromatic rings. The molecule has 2 aromatic carbocycles. The number of rotatable bonds is 4. The van der Waals surface area contributed by atoms with Crippen molar-refractivity contribution in [2.45, 2.75) is 44.4 Å². The molecule has 2 aliphatic heterocycles. The molecule has 6 rings (SSSR count). The van der Waals surface area contributed by atoms with E-state index in [4.69, 9.17) is 4.74 Å². The molecule has 0 N–H and O–H groups in total. The van der Waals surface area contributed by atoms with Gasteiger partial charge in [-0.15, -0.1) is 0 Å². The molecule has 1 aromatic heterocycles. The van der Waals surface area contributed by atoms with Crippen LogP contribution in [0.1, 0.15) is 31.7 Å². The molecule has 1 aliphatic carbocycles. The Hall–Kier alpha value is -1.91. The third kappa shape index (κ3) is 2.76. The predicted molar refractivity (Wildman–Crippen MR) is 116 cm³/mol. The van der Waals surface area contributed by atoms with Crippen molar-refractivity contribution < 1.29 is 26.2 Å². The Morgan fingerprint density at radius 2 is 1.83 bits per heavy atom. The highest BCUT2D eigenvalue weighted by molar-refractivity contribution is 5.85. The number of nitrogens with zero attached hydrogens (tertiary/aromatic N) is 2. The zero-order chi connectivity index (χ0) is 19.5. The second kappa shape index (κ2) is 7.35. The molecule has 0 radical (unpaired) electrons. The molecule has 2 saturated heterocycles. The van der Waals surface area contributed by atoms with Crippen molar-refractivity contribution in [3.8, 4) is 5.88 Å². The second-order valence-corrected chi connectivity index (χ2v) is 9.57. The molecule has 3 heterocycles. The van der Waals surface area contributed by atoms with Gasteiger partial charge in [-0.1, -0.05) is 48.5 Å². The summed E-state index contributed by atoms with van der Waals surface area (Å²) < 4.78 is 7.72. The molecule has 0 spiro atoms. The number of quaternary nitrogens is 1. The summed E-state index contributed by atoms with van der Waals surface area (Å²) in [5, 5.41) is 2.77. The first kappa shape index (κ1) is 20.0. The Bertz CT molecular complexity index is 1050. The van der Waals surface area contributed by atoms with E-state index in [0.717, 1.165) is 24.9 Å². The molecule has 156 valence electrons. The molecule has 5 atom stereocenters. The first-order valence-electron chi connectivity index (χ1n) is 11.1. The van der Waals surface area contributed by atoms with Gasteiger partial charge in [0.25, 0.3) is 0 Å². The van der Waals surface area contributed by atoms with E-state index in [0.29, 0.717) is 11.5 Å². The smallest absolute Gasteiger partial charge is 0.213 e. The van der Waals surface area contributed by atoms with Crippen LogP contribution in [0, 0.1) is 11.8 Å². The zero-order valence-corrected chi connectivity index (χ0v) is 19.1. The Labute approximate surface area is 189 Å². The first-order chi connectivity index (χ1) is 14.2. The molecule has 3 aliphatic rings. The topological polar surface area (TPSA) is 22.1 Å². The molecule has 0 unspecified atom stereocenters. The van der Waals surface area contributed by atoms with Crippen LogP contribution in [0.2, 0.25) is 0 Å². The number of pyridine rings is 1. The number of halogens is 1. The fourth-order valence-electron chi connectivity index (χ4n) is 7.17. The van der Waals surface area contributed by atoms with Crippen LogP contribution in [0.3, 0.4) is 0 Å². The van der Waals surface area contributed by atoms with Gasteiger partial charge in [-0.3, -0.25) is 0 Å². The van der Waals surface area contributed by atoms with Crippen LogP contribution in [0.15, 0.2) is 66.9 Å². The highest BCUT2D eigenvalue weighted by Gasteiger charge is 2.71. The Kier molecular flexibility index (Phi) is 4.90.